The Morgan fingerprint density at radius 1 is 1.15 bits per heavy atom. The van der Waals surface area contributed by atoms with Crippen molar-refractivity contribution in [1.29, 1.82) is 0 Å². The van der Waals surface area contributed by atoms with Crippen molar-refractivity contribution < 1.29 is 14.3 Å². The van der Waals surface area contributed by atoms with Crippen LogP contribution in [-0.4, -0.2) is 24.8 Å². The first-order valence-electron chi connectivity index (χ1n) is 8.33. The molecule has 1 saturated heterocycles. The number of hydrogen-bond acceptors (Lipinski definition) is 3. The Morgan fingerprint density at radius 3 is 2.50 bits per heavy atom. The molecule has 0 bridgehead atoms. The minimum Gasteiger partial charge on any atom is -0.349 e. The Kier molecular flexibility index (Phi) is 8.39. The van der Waals surface area contributed by atoms with E-state index in [1.165, 1.54) is 25.7 Å². The quantitative estimate of drug-likeness (QED) is 0.467. The third-order valence-corrected chi connectivity index (χ3v) is 4.16. The molecule has 1 rings (SSSR count). The molecule has 3 nitrogen and oxygen atoms in total. The molecule has 0 aromatic heterocycles. The molecule has 0 aromatic carbocycles. The van der Waals surface area contributed by atoms with Gasteiger partial charge in [-0.15, -0.1) is 0 Å². The van der Waals surface area contributed by atoms with Gasteiger partial charge in [0.15, 0.2) is 6.29 Å². The third kappa shape index (κ3) is 5.92. The Balaban J connectivity index is 2.49. The highest BCUT2D eigenvalue weighted by Gasteiger charge is 2.34. The van der Waals surface area contributed by atoms with Gasteiger partial charge < -0.3 is 14.3 Å². The van der Waals surface area contributed by atoms with Crippen molar-refractivity contribution >= 4 is 6.29 Å². The maximum Gasteiger partial charge on any atom is 0.160 e. The van der Waals surface area contributed by atoms with Crippen LogP contribution in [0.25, 0.3) is 0 Å². The summed E-state index contributed by atoms with van der Waals surface area (Å²) in [6.07, 6.45) is 9.09. The lowest BCUT2D eigenvalue weighted by atomic mass is 9.93. The minimum absolute atomic E-state index is 0.112. The molecule has 0 spiro atoms. The minimum atomic E-state index is -0.112. The predicted molar refractivity (Wildman–Crippen MR) is 81.6 cm³/mol. The summed E-state index contributed by atoms with van der Waals surface area (Å²) in [7, 11) is 0. The molecular formula is C17H32O3. The maximum atomic E-state index is 10.7. The van der Waals surface area contributed by atoms with Crippen molar-refractivity contribution in [1.82, 2.24) is 0 Å². The van der Waals surface area contributed by atoms with Gasteiger partial charge in [0.25, 0.3) is 0 Å². The van der Waals surface area contributed by atoms with E-state index >= 15 is 0 Å². The zero-order chi connectivity index (χ0) is 15.0. The van der Waals surface area contributed by atoms with Crippen LogP contribution in [0.1, 0.15) is 72.6 Å². The van der Waals surface area contributed by atoms with Crippen molar-refractivity contribution in [2.24, 2.45) is 11.8 Å². The first-order valence-corrected chi connectivity index (χ1v) is 8.33. The molecule has 0 amide bonds. The van der Waals surface area contributed by atoms with Gasteiger partial charge in [-0.25, -0.2) is 0 Å². The van der Waals surface area contributed by atoms with Crippen LogP contribution in [0.15, 0.2) is 0 Å². The number of carbonyl (C=O) groups excluding carboxylic acids is 1. The zero-order valence-corrected chi connectivity index (χ0v) is 13.6. The highest BCUT2D eigenvalue weighted by atomic mass is 16.7. The number of rotatable bonds is 9. The fourth-order valence-electron chi connectivity index (χ4n) is 2.73. The number of hydrogen-bond donors (Lipinski definition) is 0. The predicted octanol–water partition coefficient (Wildman–Crippen LogP) is 4.34. The fraction of sp³-hybridized carbons (Fsp3) is 0.941. The average Bonchev–Trinajstić information content (AvgIpc) is 2.43. The van der Waals surface area contributed by atoms with Gasteiger partial charge in [-0.1, -0.05) is 53.4 Å². The zero-order valence-electron chi connectivity index (χ0n) is 13.6. The molecule has 3 heteroatoms. The number of ether oxygens (including phenoxy) is 2. The second-order valence-corrected chi connectivity index (χ2v) is 6.51. The van der Waals surface area contributed by atoms with Crippen LogP contribution in [0.3, 0.4) is 0 Å². The van der Waals surface area contributed by atoms with E-state index in [0.717, 1.165) is 19.1 Å². The van der Waals surface area contributed by atoms with Gasteiger partial charge in [0, 0.05) is 18.8 Å². The van der Waals surface area contributed by atoms with Gasteiger partial charge >= 0.3 is 0 Å². The summed E-state index contributed by atoms with van der Waals surface area (Å²) in [5.74, 6) is 0.648. The Bertz CT molecular complexity index is 265. The topological polar surface area (TPSA) is 35.5 Å². The second-order valence-electron chi connectivity index (χ2n) is 6.51. The van der Waals surface area contributed by atoms with Gasteiger partial charge in [-0.3, -0.25) is 0 Å². The van der Waals surface area contributed by atoms with E-state index in [4.69, 9.17) is 9.47 Å². The molecule has 1 aliphatic heterocycles. The molecule has 4 atom stereocenters. The monoisotopic (exact) mass is 284 g/mol. The van der Waals surface area contributed by atoms with Crippen LogP contribution >= 0.6 is 0 Å². The van der Waals surface area contributed by atoms with Gasteiger partial charge in [-0.05, 0) is 12.3 Å². The highest BCUT2D eigenvalue weighted by molar-refractivity contribution is 5.49. The van der Waals surface area contributed by atoms with Gasteiger partial charge in [0.2, 0.25) is 0 Å². The van der Waals surface area contributed by atoms with E-state index in [1.54, 1.807) is 0 Å². The third-order valence-electron chi connectivity index (χ3n) is 4.16. The SMILES string of the molecule is CCCCCC[C@H]1C[C@@H]([C@H](C)CC=O)O[C@@H](C(C)C)O1. The van der Waals surface area contributed by atoms with Gasteiger partial charge in [0.1, 0.15) is 6.29 Å². The summed E-state index contributed by atoms with van der Waals surface area (Å²) < 4.78 is 12.1. The number of aldehydes is 1. The van der Waals surface area contributed by atoms with E-state index in [0.29, 0.717) is 18.4 Å². The summed E-state index contributed by atoms with van der Waals surface area (Å²) in [6, 6.07) is 0. The molecular weight excluding hydrogens is 252 g/mol. The van der Waals surface area contributed by atoms with Crippen molar-refractivity contribution in [3.63, 3.8) is 0 Å². The first-order chi connectivity index (χ1) is 9.58. The molecule has 0 aliphatic carbocycles. The van der Waals surface area contributed by atoms with Crippen LogP contribution in [0.2, 0.25) is 0 Å². The average molecular weight is 284 g/mol. The van der Waals surface area contributed by atoms with Crippen LogP contribution < -0.4 is 0 Å². The molecule has 1 fully saturated rings. The number of unbranched alkanes of at least 4 members (excludes halogenated alkanes) is 3. The lowest BCUT2D eigenvalue weighted by Crippen LogP contribution is -2.43. The standard InChI is InChI=1S/C17H32O3/c1-5-6-7-8-9-15-12-16(14(4)10-11-18)20-17(19-15)13(2)3/h11,13-17H,5-10,12H2,1-4H3/t14-,15+,16+,17+/m1/s1. The summed E-state index contributed by atoms with van der Waals surface area (Å²) >= 11 is 0. The summed E-state index contributed by atoms with van der Waals surface area (Å²) in [5.41, 5.74) is 0. The smallest absolute Gasteiger partial charge is 0.160 e. The Hall–Kier alpha value is -0.410. The van der Waals surface area contributed by atoms with Gasteiger partial charge in [-0.2, -0.15) is 0 Å². The van der Waals surface area contributed by atoms with Crippen molar-refractivity contribution in [3.8, 4) is 0 Å². The van der Waals surface area contributed by atoms with E-state index in [-0.39, 0.29) is 18.3 Å². The molecule has 118 valence electrons. The van der Waals surface area contributed by atoms with E-state index in [9.17, 15) is 4.79 Å². The fourth-order valence-corrected chi connectivity index (χ4v) is 2.73. The van der Waals surface area contributed by atoms with Crippen LogP contribution in [0.4, 0.5) is 0 Å². The Labute approximate surface area is 124 Å². The summed E-state index contributed by atoms with van der Waals surface area (Å²) in [5, 5.41) is 0. The molecule has 0 unspecified atom stereocenters. The maximum absolute atomic E-state index is 10.7. The van der Waals surface area contributed by atoms with Crippen molar-refractivity contribution in [2.75, 3.05) is 0 Å². The molecule has 0 aromatic rings. The van der Waals surface area contributed by atoms with Crippen molar-refractivity contribution in [3.05, 3.63) is 0 Å². The number of carbonyl (C=O) groups is 1. The van der Waals surface area contributed by atoms with Crippen LogP contribution in [0, 0.1) is 11.8 Å². The summed E-state index contributed by atoms with van der Waals surface area (Å²) in [6.45, 7) is 8.60. The molecule has 0 N–H and O–H groups in total. The van der Waals surface area contributed by atoms with E-state index in [1.807, 2.05) is 0 Å². The van der Waals surface area contributed by atoms with Crippen LogP contribution in [-0.2, 0) is 14.3 Å². The van der Waals surface area contributed by atoms with E-state index < -0.39 is 0 Å². The largest absolute Gasteiger partial charge is 0.349 e. The van der Waals surface area contributed by atoms with E-state index in [2.05, 4.69) is 27.7 Å². The summed E-state index contributed by atoms with van der Waals surface area (Å²) in [4.78, 5) is 10.7. The first kappa shape index (κ1) is 17.6. The molecule has 0 saturated carbocycles. The second kappa shape index (κ2) is 9.51. The van der Waals surface area contributed by atoms with Crippen molar-refractivity contribution in [2.45, 2.75) is 91.1 Å². The molecule has 1 aliphatic rings. The normalized spacial score (nSPS) is 28.6. The molecule has 20 heavy (non-hydrogen) atoms. The Morgan fingerprint density at radius 2 is 1.90 bits per heavy atom. The lowest BCUT2D eigenvalue weighted by molar-refractivity contribution is -0.268. The molecule has 1 heterocycles. The van der Waals surface area contributed by atoms with Crippen LogP contribution in [0.5, 0.6) is 0 Å². The molecule has 0 radical (unpaired) electrons. The lowest BCUT2D eigenvalue weighted by Gasteiger charge is -2.39. The van der Waals surface area contributed by atoms with Gasteiger partial charge in [0.05, 0.1) is 12.2 Å². The highest BCUT2D eigenvalue weighted by Crippen LogP contribution is 2.30.